The van der Waals surface area contributed by atoms with Gasteiger partial charge < -0.3 is 10.6 Å². The van der Waals surface area contributed by atoms with Gasteiger partial charge in [0.2, 0.25) is 0 Å². The number of nitrogens with zero attached hydrogens (tertiary/aromatic N) is 2. The van der Waals surface area contributed by atoms with Gasteiger partial charge in [-0.15, -0.1) is 6.58 Å². The highest BCUT2D eigenvalue weighted by Crippen LogP contribution is 2.32. The van der Waals surface area contributed by atoms with Crippen LogP contribution >= 0.6 is 27.5 Å². The third-order valence-corrected chi connectivity index (χ3v) is 3.67. The van der Waals surface area contributed by atoms with Crippen molar-refractivity contribution in [1.29, 1.82) is 0 Å². The van der Waals surface area contributed by atoms with E-state index in [2.05, 4.69) is 27.5 Å². The molecule has 2 N–H and O–H groups in total. The molecule has 1 heterocycles. The first kappa shape index (κ1) is 12.5. The van der Waals surface area contributed by atoms with Crippen LogP contribution in [0.4, 0.5) is 0 Å². The topological polar surface area (TPSA) is 41.6 Å². The van der Waals surface area contributed by atoms with E-state index >= 15 is 0 Å². The molecule has 0 aromatic heterocycles. The largest absolute Gasteiger partial charge is 0.370 e. The summed E-state index contributed by atoms with van der Waals surface area (Å²) in [5.41, 5.74) is 7.00. The highest BCUT2D eigenvalue weighted by atomic mass is 79.9. The van der Waals surface area contributed by atoms with Crippen molar-refractivity contribution in [3.8, 4) is 0 Å². The van der Waals surface area contributed by atoms with Gasteiger partial charge in [0.15, 0.2) is 5.96 Å². The second kappa shape index (κ2) is 5.10. The van der Waals surface area contributed by atoms with Crippen molar-refractivity contribution >= 4 is 33.5 Å². The predicted molar refractivity (Wildman–Crippen MR) is 75.3 cm³/mol. The van der Waals surface area contributed by atoms with E-state index in [4.69, 9.17) is 17.3 Å². The maximum absolute atomic E-state index is 5.94. The quantitative estimate of drug-likeness (QED) is 0.872. The first-order chi connectivity index (χ1) is 8.13. The van der Waals surface area contributed by atoms with Crippen molar-refractivity contribution < 1.29 is 0 Å². The highest BCUT2D eigenvalue weighted by Gasteiger charge is 2.27. The number of halogens is 2. The smallest absolute Gasteiger partial charge is 0.192 e. The van der Waals surface area contributed by atoms with Crippen LogP contribution < -0.4 is 5.73 Å². The molecule has 1 aromatic rings. The maximum atomic E-state index is 5.94. The molecule has 1 atom stereocenters. The molecule has 0 bridgehead atoms. The summed E-state index contributed by atoms with van der Waals surface area (Å²) >= 11 is 9.46. The van der Waals surface area contributed by atoms with Crippen molar-refractivity contribution in [2.45, 2.75) is 6.04 Å². The van der Waals surface area contributed by atoms with E-state index in [-0.39, 0.29) is 6.04 Å². The summed E-state index contributed by atoms with van der Waals surface area (Å²) in [7, 11) is 0. The number of guanidine groups is 1. The van der Waals surface area contributed by atoms with Crippen LogP contribution in [0.5, 0.6) is 0 Å². The molecule has 0 aliphatic carbocycles. The van der Waals surface area contributed by atoms with Gasteiger partial charge in [0, 0.05) is 16.0 Å². The first-order valence-corrected chi connectivity index (χ1v) is 6.43. The van der Waals surface area contributed by atoms with E-state index in [1.165, 1.54) is 0 Å². The molecule has 1 unspecified atom stereocenters. The molecule has 1 aliphatic heterocycles. The summed E-state index contributed by atoms with van der Waals surface area (Å²) in [6.07, 6.45) is 1.82. The number of rotatable bonds is 3. The van der Waals surface area contributed by atoms with E-state index in [0.717, 1.165) is 10.0 Å². The molecule has 0 fully saturated rings. The summed E-state index contributed by atoms with van der Waals surface area (Å²) in [4.78, 5) is 6.31. The van der Waals surface area contributed by atoms with E-state index in [9.17, 15) is 0 Å². The van der Waals surface area contributed by atoms with E-state index < -0.39 is 0 Å². The zero-order valence-electron chi connectivity index (χ0n) is 9.24. The lowest BCUT2D eigenvalue weighted by molar-refractivity contribution is 0.379. The van der Waals surface area contributed by atoms with E-state index in [0.29, 0.717) is 24.1 Å². The van der Waals surface area contributed by atoms with Crippen LogP contribution in [-0.4, -0.2) is 23.9 Å². The third kappa shape index (κ3) is 2.48. The Bertz CT molecular complexity index is 473. The van der Waals surface area contributed by atoms with Gasteiger partial charge in [-0.3, -0.25) is 4.99 Å². The molecule has 0 spiro atoms. The van der Waals surface area contributed by atoms with Crippen LogP contribution in [-0.2, 0) is 0 Å². The number of benzene rings is 1. The minimum atomic E-state index is 0.152. The van der Waals surface area contributed by atoms with Crippen LogP contribution in [0.3, 0.4) is 0 Å². The molecule has 0 amide bonds. The van der Waals surface area contributed by atoms with Crippen molar-refractivity contribution in [2.24, 2.45) is 10.7 Å². The summed E-state index contributed by atoms with van der Waals surface area (Å²) in [6.45, 7) is 5.09. The average molecular weight is 315 g/mol. The minimum Gasteiger partial charge on any atom is -0.370 e. The fourth-order valence-corrected chi connectivity index (χ4v) is 2.87. The summed E-state index contributed by atoms with van der Waals surface area (Å²) in [5, 5.41) is 0.711. The molecule has 3 nitrogen and oxygen atoms in total. The average Bonchev–Trinajstić information content (AvgIpc) is 2.62. The minimum absolute atomic E-state index is 0.152. The summed E-state index contributed by atoms with van der Waals surface area (Å²) in [6, 6.07) is 5.92. The molecule has 0 saturated carbocycles. The lowest BCUT2D eigenvalue weighted by Crippen LogP contribution is -2.36. The molecular formula is C12H13BrClN3. The Balaban J connectivity index is 2.31. The number of nitrogens with two attached hydrogens (primary N) is 1. The van der Waals surface area contributed by atoms with E-state index in [1.807, 2.05) is 29.2 Å². The Labute approximate surface area is 114 Å². The summed E-state index contributed by atoms with van der Waals surface area (Å²) < 4.78 is 0.981. The third-order valence-electron chi connectivity index (χ3n) is 2.74. The fourth-order valence-electron chi connectivity index (χ4n) is 1.93. The standard InChI is InChI=1S/C12H13BrClN3/c1-2-5-17-11(7-16-12(17)15)9-4-3-8(14)6-10(9)13/h2-4,6,11H,1,5,7H2,(H2,15,16). The first-order valence-electron chi connectivity index (χ1n) is 5.26. The van der Waals surface area contributed by atoms with Crippen molar-refractivity contribution in [2.75, 3.05) is 13.1 Å². The zero-order chi connectivity index (χ0) is 12.4. The monoisotopic (exact) mass is 313 g/mol. The lowest BCUT2D eigenvalue weighted by atomic mass is 10.1. The Morgan fingerprint density at radius 1 is 1.65 bits per heavy atom. The van der Waals surface area contributed by atoms with Crippen LogP contribution in [0.1, 0.15) is 11.6 Å². The second-order valence-corrected chi connectivity index (χ2v) is 5.11. The molecule has 0 saturated heterocycles. The summed E-state index contributed by atoms with van der Waals surface area (Å²) in [5.74, 6) is 0.566. The Morgan fingerprint density at radius 3 is 3.06 bits per heavy atom. The Kier molecular flexibility index (Phi) is 3.74. The molecule has 5 heteroatoms. The van der Waals surface area contributed by atoms with E-state index in [1.54, 1.807) is 0 Å². The Hall–Kier alpha value is -1.000. The molecular weight excluding hydrogens is 302 g/mol. The fraction of sp³-hybridized carbons (Fsp3) is 0.250. The van der Waals surface area contributed by atoms with Crippen LogP contribution in [0.2, 0.25) is 5.02 Å². The van der Waals surface area contributed by atoms with Crippen LogP contribution in [0.15, 0.2) is 40.3 Å². The predicted octanol–water partition coefficient (Wildman–Crippen LogP) is 2.96. The van der Waals surface area contributed by atoms with Crippen LogP contribution in [0, 0.1) is 0 Å². The molecule has 90 valence electrons. The number of hydrogen-bond acceptors (Lipinski definition) is 3. The van der Waals surface area contributed by atoms with Gasteiger partial charge in [0.25, 0.3) is 0 Å². The molecule has 1 aliphatic rings. The van der Waals surface area contributed by atoms with Crippen molar-refractivity contribution in [3.63, 3.8) is 0 Å². The number of aliphatic imine (C=N–C) groups is 1. The molecule has 1 aromatic carbocycles. The Morgan fingerprint density at radius 2 is 2.41 bits per heavy atom. The maximum Gasteiger partial charge on any atom is 0.192 e. The van der Waals surface area contributed by atoms with Gasteiger partial charge in [-0.2, -0.15) is 0 Å². The SMILES string of the molecule is C=CCN1C(N)=NCC1c1ccc(Cl)cc1Br. The second-order valence-electron chi connectivity index (χ2n) is 3.82. The van der Waals surface area contributed by atoms with Crippen molar-refractivity contribution in [3.05, 3.63) is 45.9 Å². The molecule has 2 rings (SSSR count). The van der Waals surface area contributed by atoms with Gasteiger partial charge in [-0.25, -0.2) is 0 Å². The molecule has 0 radical (unpaired) electrons. The number of hydrogen-bond donors (Lipinski definition) is 1. The molecule has 17 heavy (non-hydrogen) atoms. The van der Waals surface area contributed by atoms with Gasteiger partial charge in [-0.05, 0) is 17.7 Å². The highest BCUT2D eigenvalue weighted by molar-refractivity contribution is 9.10. The van der Waals surface area contributed by atoms with Gasteiger partial charge in [0.05, 0.1) is 12.6 Å². The lowest BCUT2D eigenvalue weighted by Gasteiger charge is -2.26. The normalized spacial score (nSPS) is 19.3. The van der Waals surface area contributed by atoms with Crippen LogP contribution in [0.25, 0.3) is 0 Å². The zero-order valence-corrected chi connectivity index (χ0v) is 11.6. The van der Waals surface area contributed by atoms with Crippen molar-refractivity contribution in [1.82, 2.24) is 4.90 Å². The van der Waals surface area contributed by atoms with Gasteiger partial charge in [0.1, 0.15) is 0 Å². The van der Waals surface area contributed by atoms with Gasteiger partial charge in [-0.1, -0.05) is 39.7 Å². The van der Waals surface area contributed by atoms with Gasteiger partial charge >= 0.3 is 0 Å².